The minimum atomic E-state index is -0.948. The number of nitrogens with zero attached hydrogens (tertiary/aromatic N) is 6. The van der Waals surface area contributed by atoms with Crippen LogP contribution < -0.4 is 9.64 Å². The highest BCUT2D eigenvalue weighted by Crippen LogP contribution is 2.44. The molecular formula is C35H33F3N6O3S. The molecule has 0 saturated carbocycles. The van der Waals surface area contributed by atoms with Gasteiger partial charge in [-0.3, -0.25) is 9.69 Å². The van der Waals surface area contributed by atoms with Crippen molar-refractivity contribution < 1.29 is 27.8 Å². The van der Waals surface area contributed by atoms with Gasteiger partial charge < -0.3 is 19.6 Å². The number of fused-ring (bicyclic) bond motifs is 5. The molecule has 0 spiro atoms. The van der Waals surface area contributed by atoms with Crippen molar-refractivity contribution in [1.82, 2.24) is 24.8 Å². The monoisotopic (exact) mass is 674 g/mol. The highest BCUT2D eigenvalue weighted by Gasteiger charge is 2.49. The number of thioether (sulfide) groups is 1. The summed E-state index contributed by atoms with van der Waals surface area (Å²) in [6, 6.07) is 5.34. The van der Waals surface area contributed by atoms with Gasteiger partial charge in [-0.15, -0.1) is 18.2 Å². The number of carbonyl (C=O) groups is 1. The summed E-state index contributed by atoms with van der Waals surface area (Å²) < 4.78 is 52.9. The molecule has 13 heteroatoms. The predicted octanol–water partition coefficient (Wildman–Crippen LogP) is 5.30. The number of carbonyl (C=O) groups excluding carboxylic acids is 1. The fourth-order valence-corrected chi connectivity index (χ4v) is 8.98. The third-order valence-electron chi connectivity index (χ3n) is 10.5. The van der Waals surface area contributed by atoms with Crippen molar-refractivity contribution in [3.05, 3.63) is 41.5 Å². The second-order valence-corrected chi connectivity index (χ2v) is 14.0. The number of hydrogen-bond donors (Lipinski definition) is 1. The molecule has 48 heavy (non-hydrogen) atoms. The van der Waals surface area contributed by atoms with Crippen LogP contribution in [-0.4, -0.2) is 99.1 Å². The Morgan fingerprint density at radius 1 is 1.15 bits per heavy atom. The van der Waals surface area contributed by atoms with Gasteiger partial charge in [0.1, 0.15) is 46.4 Å². The number of phenolic OH excluding ortho intramolecular Hbond substituents is 1. The lowest BCUT2D eigenvalue weighted by Gasteiger charge is -2.40. The molecule has 2 aromatic heterocycles. The van der Waals surface area contributed by atoms with Crippen LogP contribution in [0.5, 0.6) is 11.8 Å². The summed E-state index contributed by atoms with van der Waals surface area (Å²) in [6.45, 7) is 2.27. The number of piperazine rings is 1. The van der Waals surface area contributed by atoms with Crippen molar-refractivity contribution in [3.63, 3.8) is 0 Å². The largest absolute Gasteiger partial charge is 0.508 e. The summed E-state index contributed by atoms with van der Waals surface area (Å²) in [4.78, 5) is 32.1. The average Bonchev–Trinajstić information content (AvgIpc) is 3.69. The van der Waals surface area contributed by atoms with E-state index in [1.807, 2.05) is 9.80 Å². The van der Waals surface area contributed by atoms with Crippen molar-refractivity contribution in [2.24, 2.45) is 0 Å². The summed E-state index contributed by atoms with van der Waals surface area (Å²) in [5.74, 6) is 1.18. The summed E-state index contributed by atoms with van der Waals surface area (Å²) in [5, 5.41) is 12.1. The van der Waals surface area contributed by atoms with Crippen LogP contribution in [0.1, 0.15) is 37.7 Å². The van der Waals surface area contributed by atoms with Crippen LogP contribution in [0.4, 0.5) is 19.0 Å². The molecule has 8 rings (SSSR count). The molecule has 9 nitrogen and oxygen atoms in total. The van der Waals surface area contributed by atoms with Crippen LogP contribution in [0, 0.1) is 24.0 Å². The number of alkyl halides is 1. The number of halogens is 3. The van der Waals surface area contributed by atoms with Gasteiger partial charge in [0.15, 0.2) is 5.82 Å². The Morgan fingerprint density at radius 2 is 1.94 bits per heavy atom. The molecule has 4 aromatic rings. The maximum absolute atomic E-state index is 17.1. The first kappa shape index (κ1) is 31.0. The molecule has 4 fully saturated rings. The number of anilines is 1. The Hall–Kier alpha value is -4.28. The van der Waals surface area contributed by atoms with Gasteiger partial charge in [-0.1, -0.05) is 12.0 Å². The van der Waals surface area contributed by atoms with Crippen molar-refractivity contribution in [2.45, 2.75) is 60.9 Å². The number of aromatic nitrogens is 3. The van der Waals surface area contributed by atoms with Gasteiger partial charge >= 0.3 is 6.01 Å². The number of benzene rings is 2. The molecule has 2 unspecified atom stereocenters. The van der Waals surface area contributed by atoms with E-state index in [4.69, 9.17) is 21.1 Å². The highest BCUT2D eigenvalue weighted by molar-refractivity contribution is 7.98. The molecule has 0 aliphatic carbocycles. The molecular weight excluding hydrogens is 641 g/mol. The number of amides is 1. The number of pyridine rings is 1. The Bertz CT molecular complexity index is 2010. The van der Waals surface area contributed by atoms with Gasteiger partial charge in [-0.05, 0) is 62.1 Å². The molecule has 2 aromatic carbocycles. The maximum Gasteiger partial charge on any atom is 0.319 e. The normalized spacial score (nSPS) is 25.2. The van der Waals surface area contributed by atoms with Gasteiger partial charge in [0, 0.05) is 49.1 Å². The number of phenols is 1. The highest BCUT2D eigenvalue weighted by atomic mass is 32.2. The maximum atomic E-state index is 17.1. The SMILES string of the molecule is C#Cc1c(F)ccc2cc(O)cc(-c3nc(SC)c4c(N5CC6CCC(C5)N6C=O)nc(OC[C@@]56CCCN5C[C@H](F)C6)nc4c3F)c12. The molecule has 1 N–H and O–H groups in total. The third-order valence-corrected chi connectivity index (χ3v) is 11.2. The fourth-order valence-electron chi connectivity index (χ4n) is 8.40. The molecule has 6 heterocycles. The van der Waals surface area contributed by atoms with Gasteiger partial charge in [-0.2, -0.15) is 9.97 Å². The first-order chi connectivity index (χ1) is 23.2. The van der Waals surface area contributed by atoms with Gasteiger partial charge in [0.2, 0.25) is 6.41 Å². The van der Waals surface area contributed by atoms with Crippen molar-refractivity contribution in [1.29, 1.82) is 0 Å². The molecule has 4 aliphatic heterocycles. The lowest BCUT2D eigenvalue weighted by molar-refractivity contribution is -0.121. The van der Waals surface area contributed by atoms with Crippen LogP contribution in [0.2, 0.25) is 0 Å². The summed E-state index contributed by atoms with van der Waals surface area (Å²) in [7, 11) is 0. The zero-order valence-corrected chi connectivity index (χ0v) is 27.1. The second kappa shape index (κ2) is 11.7. The van der Waals surface area contributed by atoms with E-state index in [1.54, 1.807) is 6.26 Å². The Labute approximate surface area is 279 Å². The van der Waals surface area contributed by atoms with E-state index >= 15 is 4.39 Å². The van der Waals surface area contributed by atoms with E-state index in [0.29, 0.717) is 47.7 Å². The Kier molecular flexibility index (Phi) is 7.56. The summed E-state index contributed by atoms with van der Waals surface area (Å²) in [6.07, 6.45) is 11.2. The number of hydrogen-bond acceptors (Lipinski definition) is 9. The quantitative estimate of drug-likeness (QED) is 0.159. The lowest BCUT2D eigenvalue weighted by Crippen LogP contribution is -2.53. The third kappa shape index (κ3) is 4.83. The first-order valence-corrected chi connectivity index (χ1v) is 17.3. The number of ether oxygens (including phenoxy) is 1. The minimum absolute atomic E-state index is 0.0212. The zero-order valence-electron chi connectivity index (χ0n) is 26.3. The van der Waals surface area contributed by atoms with Crippen LogP contribution >= 0.6 is 11.8 Å². The minimum Gasteiger partial charge on any atom is -0.508 e. The van der Waals surface area contributed by atoms with E-state index in [9.17, 15) is 18.7 Å². The standard InChI is InChI=1S/C35H33F3N6O3S/c1-3-24-26(37)8-5-19-11-23(46)12-25(27(19)24)30-29(38)31-28(33(39-30)48-2)32(42-15-21-6-7-22(16-42)44(21)18-45)41-34(40-31)47-17-35-9-4-10-43(35)14-20(36)13-35/h1,5,8,11-12,18,20-22,46H,4,6-7,9-10,13-17H2,2H3/t20-,21?,22?,35+/m1/s1. The number of terminal acetylenes is 1. The smallest absolute Gasteiger partial charge is 0.319 e. The van der Waals surface area contributed by atoms with Crippen molar-refractivity contribution in [2.75, 3.05) is 43.9 Å². The number of aromatic hydroxyl groups is 1. The van der Waals surface area contributed by atoms with Crippen LogP contribution in [0.15, 0.2) is 29.3 Å². The summed E-state index contributed by atoms with van der Waals surface area (Å²) >= 11 is 1.27. The number of rotatable bonds is 7. The van der Waals surface area contributed by atoms with Gasteiger partial charge in [0.25, 0.3) is 0 Å². The predicted molar refractivity (Wildman–Crippen MR) is 177 cm³/mol. The van der Waals surface area contributed by atoms with Gasteiger partial charge in [-0.25, -0.2) is 18.2 Å². The van der Waals surface area contributed by atoms with Crippen molar-refractivity contribution >= 4 is 45.7 Å². The van der Waals surface area contributed by atoms with E-state index in [2.05, 4.69) is 15.8 Å². The first-order valence-electron chi connectivity index (χ1n) is 16.1. The van der Waals surface area contributed by atoms with E-state index in [1.165, 1.54) is 36.0 Å². The van der Waals surface area contributed by atoms with E-state index in [-0.39, 0.29) is 58.2 Å². The molecule has 0 radical (unpaired) electrons. The summed E-state index contributed by atoms with van der Waals surface area (Å²) in [5.41, 5.74) is -0.649. The van der Waals surface area contributed by atoms with Crippen LogP contribution in [0.25, 0.3) is 32.9 Å². The lowest BCUT2D eigenvalue weighted by atomic mass is 9.95. The molecule has 4 atom stereocenters. The van der Waals surface area contributed by atoms with Crippen molar-refractivity contribution in [3.8, 4) is 35.4 Å². The average molecular weight is 675 g/mol. The van der Waals surface area contributed by atoms with Gasteiger partial charge in [0.05, 0.1) is 16.5 Å². The van der Waals surface area contributed by atoms with E-state index in [0.717, 1.165) is 38.6 Å². The zero-order chi connectivity index (χ0) is 33.3. The Morgan fingerprint density at radius 3 is 2.67 bits per heavy atom. The topological polar surface area (TPSA) is 94.9 Å². The second-order valence-electron chi connectivity index (χ2n) is 13.2. The molecule has 2 bridgehead atoms. The molecule has 1 amide bonds. The Balaban J connectivity index is 1.32. The van der Waals surface area contributed by atoms with E-state index < -0.39 is 23.3 Å². The molecule has 4 saturated heterocycles. The molecule has 4 aliphatic rings. The van der Waals surface area contributed by atoms with Crippen LogP contribution in [0.3, 0.4) is 0 Å². The van der Waals surface area contributed by atoms with Crippen LogP contribution in [-0.2, 0) is 4.79 Å². The molecule has 248 valence electrons. The fraction of sp³-hybridized carbons (Fsp3) is 0.429.